The number of nitrogens with zero attached hydrogens (tertiary/aromatic N) is 1. The second kappa shape index (κ2) is 5.99. The van der Waals surface area contributed by atoms with E-state index in [1.165, 1.54) is 0 Å². The van der Waals surface area contributed by atoms with Gasteiger partial charge in [0.25, 0.3) is 0 Å². The Bertz CT molecular complexity index is 289. The minimum atomic E-state index is -0.724. The Balaban J connectivity index is 1.99. The normalized spacial score (nSPS) is 34.4. The molecule has 0 aliphatic carbocycles. The molecule has 2 aliphatic heterocycles. The van der Waals surface area contributed by atoms with Crippen molar-refractivity contribution in [2.45, 2.75) is 32.3 Å². The van der Waals surface area contributed by atoms with Crippen LogP contribution in [0, 0.1) is 5.41 Å². The molecule has 0 aromatic heterocycles. The number of rotatable bonds is 4. The Morgan fingerprint density at radius 1 is 1.50 bits per heavy atom. The molecular weight excluding hydrogens is 234 g/mol. The van der Waals surface area contributed by atoms with Gasteiger partial charge in [-0.1, -0.05) is 6.92 Å². The van der Waals surface area contributed by atoms with Crippen LogP contribution in [0.25, 0.3) is 0 Å². The highest BCUT2D eigenvalue weighted by Crippen LogP contribution is 2.30. The molecule has 0 aromatic rings. The number of carboxylic acids is 1. The molecule has 2 aliphatic rings. The molecule has 0 saturated carbocycles. The minimum Gasteiger partial charge on any atom is -0.481 e. The van der Waals surface area contributed by atoms with Crippen LogP contribution in [-0.4, -0.2) is 61.5 Å². The summed E-state index contributed by atoms with van der Waals surface area (Å²) in [7, 11) is 0. The van der Waals surface area contributed by atoms with Gasteiger partial charge < -0.3 is 14.6 Å². The summed E-state index contributed by atoms with van der Waals surface area (Å²) in [5.74, 6) is -0.724. The molecule has 0 radical (unpaired) electrons. The zero-order valence-corrected chi connectivity index (χ0v) is 11.1. The highest BCUT2D eigenvalue weighted by atomic mass is 16.5. The number of hydrogen-bond donors (Lipinski definition) is 1. The van der Waals surface area contributed by atoms with Crippen molar-refractivity contribution in [1.29, 1.82) is 0 Å². The molecule has 0 aromatic carbocycles. The molecule has 0 bridgehead atoms. The lowest BCUT2D eigenvalue weighted by atomic mass is 9.86. The van der Waals surface area contributed by atoms with E-state index < -0.39 is 11.4 Å². The number of hydrogen-bond acceptors (Lipinski definition) is 4. The summed E-state index contributed by atoms with van der Waals surface area (Å²) in [5.41, 5.74) is -0.706. The first-order valence-electron chi connectivity index (χ1n) is 6.81. The average molecular weight is 257 g/mol. The van der Waals surface area contributed by atoms with Gasteiger partial charge in [0.2, 0.25) is 0 Å². The van der Waals surface area contributed by atoms with E-state index in [0.29, 0.717) is 26.2 Å². The summed E-state index contributed by atoms with van der Waals surface area (Å²) in [6.07, 6.45) is 2.82. The molecule has 2 rings (SSSR count). The molecule has 2 unspecified atom stereocenters. The smallest absolute Gasteiger partial charge is 0.313 e. The fourth-order valence-electron chi connectivity index (χ4n) is 2.76. The second-order valence-electron chi connectivity index (χ2n) is 5.38. The Labute approximate surface area is 108 Å². The first-order valence-corrected chi connectivity index (χ1v) is 6.81. The molecule has 104 valence electrons. The number of ether oxygens (including phenoxy) is 2. The molecule has 5 nitrogen and oxygen atoms in total. The molecule has 5 heteroatoms. The molecule has 2 atom stereocenters. The van der Waals surface area contributed by atoms with Crippen molar-refractivity contribution in [2.24, 2.45) is 5.41 Å². The molecule has 0 amide bonds. The first kappa shape index (κ1) is 13.8. The SMILES string of the molecule is CCC1CN(CC2(C(=O)O)CCOC2)CCCO1. The first-order chi connectivity index (χ1) is 8.66. The molecule has 2 heterocycles. The van der Waals surface area contributed by atoms with Gasteiger partial charge in [-0.15, -0.1) is 0 Å². The third-order valence-electron chi connectivity index (χ3n) is 3.97. The predicted molar refractivity (Wildman–Crippen MR) is 66.6 cm³/mol. The highest BCUT2D eigenvalue weighted by Gasteiger charge is 2.44. The predicted octanol–water partition coefficient (Wildman–Crippen LogP) is 0.979. The third-order valence-corrected chi connectivity index (χ3v) is 3.97. The standard InChI is InChI=1S/C13H23NO4/c1-2-11-8-14(5-3-6-18-11)9-13(12(15)16)4-7-17-10-13/h11H,2-10H2,1H3,(H,15,16). The molecule has 0 spiro atoms. The quantitative estimate of drug-likeness (QED) is 0.813. The van der Waals surface area contributed by atoms with E-state index in [-0.39, 0.29) is 6.10 Å². The number of carboxylic acid groups (broad SMARTS) is 1. The Morgan fingerprint density at radius 3 is 2.94 bits per heavy atom. The second-order valence-corrected chi connectivity index (χ2v) is 5.38. The van der Waals surface area contributed by atoms with Crippen molar-refractivity contribution in [3.8, 4) is 0 Å². The van der Waals surface area contributed by atoms with Gasteiger partial charge >= 0.3 is 5.97 Å². The van der Waals surface area contributed by atoms with Crippen molar-refractivity contribution >= 4 is 5.97 Å². The van der Waals surface area contributed by atoms with Crippen LogP contribution < -0.4 is 0 Å². The molecule has 1 N–H and O–H groups in total. The van der Waals surface area contributed by atoms with Crippen LogP contribution in [0.3, 0.4) is 0 Å². The summed E-state index contributed by atoms with van der Waals surface area (Å²) in [5, 5.41) is 9.45. The Kier molecular flexibility index (Phi) is 4.59. The summed E-state index contributed by atoms with van der Waals surface area (Å²) < 4.78 is 11.0. The van der Waals surface area contributed by atoms with Crippen LogP contribution in [0.2, 0.25) is 0 Å². The number of aliphatic carboxylic acids is 1. The van der Waals surface area contributed by atoms with E-state index in [0.717, 1.165) is 32.5 Å². The van der Waals surface area contributed by atoms with Crippen molar-refractivity contribution < 1.29 is 19.4 Å². The maximum absolute atomic E-state index is 11.5. The van der Waals surface area contributed by atoms with Gasteiger partial charge in [0.05, 0.1) is 12.7 Å². The van der Waals surface area contributed by atoms with Crippen LogP contribution in [-0.2, 0) is 14.3 Å². The monoisotopic (exact) mass is 257 g/mol. The van der Waals surface area contributed by atoms with Gasteiger partial charge in [-0.2, -0.15) is 0 Å². The summed E-state index contributed by atoms with van der Waals surface area (Å²) in [6, 6.07) is 0. The van der Waals surface area contributed by atoms with Crippen molar-refractivity contribution in [3.63, 3.8) is 0 Å². The lowest BCUT2D eigenvalue weighted by Gasteiger charge is -2.31. The summed E-state index contributed by atoms with van der Waals surface area (Å²) >= 11 is 0. The topological polar surface area (TPSA) is 59.0 Å². The van der Waals surface area contributed by atoms with Crippen LogP contribution in [0.5, 0.6) is 0 Å². The van der Waals surface area contributed by atoms with E-state index >= 15 is 0 Å². The lowest BCUT2D eigenvalue weighted by Crippen LogP contribution is -2.45. The van der Waals surface area contributed by atoms with Gasteiger partial charge in [0, 0.05) is 32.8 Å². The molecule has 2 saturated heterocycles. The van der Waals surface area contributed by atoms with Crippen molar-refractivity contribution in [1.82, 2.24) is 4.90 Å². The van der Waals surface area contributed by atoms with E-state index in [1.54, 1.807) is 0 Å². The van der Waals surface area contributed by atoms with Crippen LogP contribution in [0.15, 0.2) is 0 Å². The maximum atomic E-state index is 11.5. The zero-order chi connectivity index (χ0) is 13.0. The van der Waals surface area contributed by atoms with Crippen LogP contribution in [0.4, 0.5) is 0 Å². The Hall–Kier alpha value is -0.650. The molecular formula is C13H23NO4. The van der Waals surface area contributed by atoms with Gasteiger partial charge in [-0.25, -0.2) is 0 Å². The van der Waals surface area contributed by atoms with Gasteiger partial charge in [-0.05, 0) is 19.3 Å². The van der Waals surface area contributed by atoms with E-state index in [2.05, 4.69) is 11.8 Å². The highest BCUT2D eigenvalue weighted by molar-refractivity contribution is 5.75. The van der Waals surface area contributed by atoms with Crippen LogP contribution >= 0.6 is 0 Å². The lowest BCUT2D eigenvalue weighted by molar-refractivity contribution is -0.150. The van der Waals surface area contributed by atoms with E-state index in [9.17, 15) is 9.90 Å². The fourth-order valence-corrected chi connectivity index (χ4v) is 2.76. The largest absolute Gasteiger partial charge is 0.481 e. The summed E-state index contributed by atoms with van der Waals surface area (Å²) in [4.78, 5) is 13.7. The van der Waals surface area contributed by atoms with Crippen molar-refractivity contribution in [2.75, 3.05) is 39.5 Å². The minimum absolute atomic E-state index is 0.237. The van der Waals surface area contributed by atoms with Crippen molar-refractivity contribution in [3.05, 3.63) is 0 Å². The van der Waals surface area contributed by atoms with E-state index in [1.807, 2.05) is 0 Å². The maximum Gasteiger partial charge on any atom is 0.313 e. The fraction of sp³-hybridized carbons (Fsp3) is 0.923. The van der Waals surface area contributed by atoms with Gasteiger partial charge in [0.1, 0.15) is 5.41 Å². The molecule has 18 heavy (non-hydrogen) atoms. The molecule has 2 fully saturated rings. The van der Waals surface area contributed by atoms with Gasteiger partial charge in [0.15, 0.2) is 0 Å². The average Bonchev–Trinajstić information content (AvgIpc) is 2.71. The van der Waals surface area contributed by atoms with E-state index in [4.69, 9.17) is 9.47 Å². The van der Waals surface area contributed by atoms with Crippen LogP contribution in [0.1, 0.15) is 26.2 Å². The Morgan fingerprint density at radius 2 is 2.33 bits per heavy atom. The summed E-state index contributed by atoms with van der Waals surface area (Å²) in [6.45, 7) is 6.15. The third kappa shape index (κ3) is 3.02. The van der Waals surface area contributed by atoms with Gasteiger partial charge in [-0.3, -0.25) is 9.69 Å². The number of carbonyl (C=O) groups is 1. The zero-order valence-electron chi connectivity index (χ0n) is 11.1.